The molecule has 0 bridgehead atoms. The first kappa shape index (κ1) is 8.56. The Hall–Kier alpha value is -1.03. The molecule has 3 nitrogen and oxygen atoms in total. The monoisotopic (exact) mass is 241 g/mol. The molecular weight excluding hydrogens is 234 g/mol. The summed E-state index contributed by atoms with van der Waals surface area (Å²) in [5.74, 6) is 0.250. The molecule has 4 heteroatoms. The molecule has 0 radical (unpaired) electrons. The van der Waals surface area contributed by atoms with E-state index in [1.54, 1.807) is 12.1 Å². The molecule has 0 saturated carbocycles. The molecule has 0 unspecified atom stereocenters. The number of anilines is 1. The number of carbonyl (C=O) groups excluding carboxylic acids is 1. The fourth-order valence-corrected chi connectivity index (χ4v) is 1.97. The molecule has 0 saturated heterocycles. The fourth-order valence-electron chi connectivity index (χ4n) is 1.42. The van der Waals surface area contributed by atoms with Crippen molar-refractivity contribution in [3.05, 3.63) is 22.2 Å². The second-order valence-corrected chi connectivity index (χ2v) is 3.77. The van der Waals surface area contributed by atoms with Gasteiger partial charge in [0.25, 0.3) is 0 Å². The first-order valence-electron chi connectivity index (χ1n) is 3.98. The Morgan fingerprint density at radius 1 is 1.38 bits per heavy atom. The lowest BCUT2D eigenvalue weighted by molar-refractivity contribution is -0.116. The van der Waals surface area contributed by atoms with Gasteiger partial charge in [0.15, 0.2) is 0 Å². The zero-order valence-corrected chi connectivity index (χ0v) is 8.39. The quantitative estimate of drug-likeness (QED) is 0.684. The van der Waals surface area contributed by atoms with Crippen molar-refractivity contribution in [3.8, 4) is 5.75 Å². The predicted octanol–water partition coefficient (Wildman–Crippen LogP) is 2.04. The van der Waals surface area contributed by atoms with Gasteiger partial charge in [0.1, 0.15) is 5.75 Å². The van der Waals surface area contributed by atoms with Gasteiger partial charge in [-0.2, -0.15) is 0 Å². The summed E-state index contributed by atoms with van der Waals surface area (Å²) in [7, 11) is 0. The molecule has 1 aliphatic heterocycles. The molecule has 2 N–H and O–H groups in total. The number of hydrogen-bond acceptors (Lipinski definition) is 2. The van der Waals surface area contributed by atoms with Gasteiger partial charge in [-0.05, 0) is 40.0 Å². The largest absolute Gasteiger partial charge is 0.507 e. The minimum atomic E-state index is 0.0325. The molecule has 0 aromatic heterocycles. The molecule has 0 atom stereocenters. The van der Waals surface area contributed by atoms with Gasteiger partial charge < -0.3 is 10.4 Å². The van der Waals surface area contributed by atoms with E-state index in [0.29, 0.717) is 17.3 Å². The van der Waals surface area contributed by atoms with Crippen LogP contribution in [-0.2, 0) is 11.2 Å². The van der Waals surface area contributed by atoms with Crippen LogP contribution in [0.3, 0.4) is 0 Å². The summed E-state index contributed by atoms with van der Waals surface area (Å²) in [5, 5.41) is 12.1. The van der Waals surface area contributed by atoms with Crippen LogP contribution in [0.15, 0.2) is 16.6 Å². The molecular formula is C9H8BrNO2. The van der Waals surface area contributed by atoms with E-state index < -0.39 is 0 Å². The van der Waals surface area contributed by atoms with Crippen LogP contribution in [0, 0.1) is 0 Å². The van der Waals surface area contributed by atoms with Crippen molar-refractivity contribution < 1.29 is 9.90 Å². The van der Waals surface area contributed by atoms with Crippen LogP contribution in [0.1, 0.15) is 12.0 Å². The van der Waals surface area contributed by atoms with Gasteiger partial charge in [-0.15, -0.1) is 0 Å². The highest BCUT2D eigenvalue weighted by Gasteiger charge is 2.18. The van der Waals surface area contributed by atoms with Crippen LogP contribution in [0.4, 0.5) is 5.69 Å². The van der Waals surface area contributed by atoms with E-state index in [1.165, 1.54) is 0 Å². The number of aromatic hydroxyl groups is 1. The third-order valence-corrected chi connectivity index (χ3v) is 2.98. The van der Waals surface area contributed by atoms with E-state index in [2.05, 4.69) is 21.2 Å². The third-order valence-electron chi connectivity index (χ3n) is 2.10. The smallest absolute Gasteiger partial charge is 0.224 e. The average molecular weight is 242 g/mol. The topological polar surface area (TPSA) is 49.3 Å². The van der Waals surface area contributed by atoms with Crippen molar-refractivity contribution in [2.45, 2.75) is 12.8 Å². The SMILES string of the molecule is O=C1CCc2c(ccc(O)c2Br)N1. The molecule has 1 heterocycles. The Kier molecular flexibility index (Phi) is 2.00. The number of hydrogen-bond donors (Lipinski definition) is 2. The summed E-state index contributed by atoms with van der Waals surface area (Å²) in [4.78, 5) is 11.0. The number of nitrogens with one attached hydrogen (secondary N) is 1. The Morgan fingerprint density at radius 2 is 2.15 bits per heavy atom. The van der Waals surface area contributed by atoms with Crippen molar-refractivity contribution >= 4 is 27.5 Å². The first-order chi connectivity index (χ1) is 6.18. The summed E-state index contributed by atoms with van der Waals surface area (Å²) in [6, 6.07) is 3.28. The summed E-state index contributed by atoms with van der Waals surface area (Å²) < 4.78 is 0.685. The molecule has 68 valence electrons. The molecule has 1 amide bonds. The number of benzene rings is 1. The van der Waals surface area contributed by atoms with E-state index in [9.17, 15) is 9.90 Å². The standard InChI is InChI=1S/C9H8BrNO2/c10-9-5-1-4-8(13)11-6(5)2-3-7(9)12/h2-3,12H,1,4H2,(H,11,13). The Balaban J connectivity index is 2.53. The summed E-state index contributed by atoms with van der Waals surface area (Å²) in [5.41, 5.74) is 1.76. The van der Waals surface area contributed by atoms with Crippen LogP contribution < -0.4 is 5.32 Å². The van der Waals surface area contributed by atoms with Gasteiger partial charge in [0.05, 0.1) is 4.47 Å². The summed E-state index contributed by atoms with van der Waals surface area (Å²) in [6.07, 6.45) is 1.16. The molecule has 0 fully saturated rings. The van der Waals surface area contributed by atoms with Gasteiger partial charge >= 0.3 is 0 Å². The van der Waals surface area contributed by atoms with Crippen LogP contribution in [0.5, 0.6) is 5.75 Å². The lowest BCUT2D eigenvalue weighted by Gasteiger charge is -2.18. The maximum Gasteiger partial charge on any atom is 0.224 e. The summed E-state index contributed by atoms with van der Waals surface area (Å²) in [6.45, 7) is 0. The van der Waals surface area contributed by atoms with Crippen molar-refractivity contribution in [3.63, 3.8) is 0 Å². The van der Waals surface area contributed by atoms with Crippen LogP contribution in [0.25, 0.3) is 0 Å². The molecule has 0 spiro atoms. The second-order valence-electron chi connectivity index (χ2n) is 2.97. The summed E-state index contributed by atoms with van der Waals surface area (Å²) >= 11 is 3.28. The number of halogens is 1. The maximum atomic E-state index is 11.0. The van der Waals surface area contributed by atoms with Crippen molar-refractivity contribution in [2.24, 2.45) is 0 Å². The van der Waals surface area contributed by atoms with Crippen LogP contribution in [0.2, 0.25) is 0 Å². The lowest BCUT2D eigenvalue weighted by atomic mass is 10.0. The Morgan fingerprint density at radius 3 is 2.92 bits per heavy atom. The van der Waals surface area contributed by atoms with E-state index >= 15 is 0 Å². The number of rotatable bonds is 0. The minimum Gasteiger partial charge on any atom is -0.507 e. The first-order valence-corrected chi connectivity index (χ1v) is 4.78. The van der Waals surface area contributed by atoms with Crippen molar-refractivity contribution in [1.82, 2.24) is 0 Å². The zero-order valence-electron chi connectivity index (χ0n) is 6.80. The molecule has 1 aliphatic rings. The van der Waals surface area contributed by atoms with E-state index in [-0.39, 0.29) is 11.7 Å². The molecule has 1 aromatic rings. The van der Waals surface area contributed by atoms with Gasteiger partial charge in [-0.25, -0.2) is 0 Å². The second kappa shape index (κ2) is 3.03. The highest BCUT2D eigenvalue weighted by molar-refractivity contribution is 9.10. The normalized spacial score (nSPS) is 15.0. The Bertz CT molecular complexity index is 376. The van der Waals surface area contributed by atoms with Gasteiger partial charge in [-0.3, -0.25) is 4.79 Å². The highest BCUT2D eigenvalue weighted by Crippen LogP contribution is 2.35. The van der Waals surface area contributed by atoms with Gasteiger partial charge in [0.2, 0.25) is 5.91 Å². The van der Waals surface area contributed by atoms with Gasteiger partial charge in [-0.1, -0.05) is 0 Å². The predicted molar refractivity (Wildman–Crippen MR) is 52.8 cm³/mol. The minimum absolute atomic E-state index is 0.0325. The highest BCUT2D eigenvalue weighted by atomic mass is 79.9. The van der Waals surface area contributed by atoms with Crippen molar-refractivity contribution in [1.29, 1.82) is 0 Å². The average Bonchev–Trinajstić information content (AvgIpc) is 2.12. The number of amides is 1. The molecule has 13 heavy (non-hydrogen) atoms. The molecule has 0 aliphatic carbocycles. The van der Waals surface area contributed by atoms with E-state index in [1.807, 2.05) is 0 Å². The molecule has 1 aromatic carbocycles. The fraction of sp³-hybridized carbons (Fsp3) is 0.222. The van der Waals surface area contributed by atoms with E-state index in [0.717, 1.165) is 11.3 Å². The maximum absolute atomic E-state index is 11.0. The number of phenols is 1. The zero-order chi connectivity index (χ0) is 9.42. The lowest BCUT2D eigenvalue weighted by Crippen LogP contribution is -2.19. The number of phenolic OH excluding ortho intramolecular Hbond substituents is 1. The number of carbonyl (C=O) groups is 1. The van der Waals surface area contributed by atoms with Crippen LogP contribution in [-0.4, -0.2) is 11.0 Å². The molecule has 2 rings (SSSR count). The van der Waals surface area contributed by atoms with Gasteiger partial charge in [0, 0.05) is 12.1 Å². The van der Waals surface area contributed by atoms with E-state index in [4.69, 9.17) is 0 Å². The van der Waals surface area contributed by atoms with Crippen molar-refractivity contribution in [2.75, 3.05) is 5.32 Å². The number of fused-ring (bicyclic) bond motifs is 1. The Labute approximate surface area is 83.9 Å². The third kappa shape index (κ3) is 1.42. The van der Waals surface area contributed by atoms with Crippen LogP contribution >= 0.6 is 15.9 Å².